The number of rotatable bonds is 10. The third-order valence-electron chi connectivity index (χ3n) is 3.52. The van der Waals surface area contributed by atoms with Gasteiger partial charge < -0.3 is 15.5 Å². The van der Waals surface area contributed by atoms with E-state index in [4.69, 9.17) is 9.94 Å². The molecule has 124 valence electrons. The highest BCUT2D eigenvalue weighted by Crippen LogP contribution is 2.07. The zero-order valence-corrected chi connectivity index (χ0v) is 13.2. The summed E-state index contributed by atoms with van der Waals surface area (Å²) in [6.45, 7) is 4.21. The second-order valence-corrected chi connectivity index (χ2v) is 5.22. The van der Waals surface area contributed by atoms with Crippen molar-refractivity contribution in [2.75, 3.05) is 6.54 Å². The summed E-state index contributed by atoms with van der Waals surface area (Å²) in [6, 6.07) is 8.86. The Balaban J connectivity index is 2.53. The van der Waals surface area contributed by atoms with E-state index in [-0.39, 0.29) is 12.6 Å². The lowest BCUT2D eigenvalue weighted by molar-refractivity contribution is -0.0470. The molecule has 0 heterocycles. The Morgan fingerprint density at radius 2 is 1.86 bits per heavy atom. The van der Waals surface area contributed by atoms with E-state index in [2.05, 4.69) is 10.8 Å². The summed E-state index contributed by atoms with van der Waals surface area (Å²) in [5.74, 6) is 0. The molecule has 4 N–H and O–H groups in total. The van der Waals surface area contributed by atoms with Crippen LogP contribution in [-0.2, 0) is 11.3 Å². The average molecular weight is 310 g/mol. The van der Waals surface area contributed by atoms with Gasteiger partial charge in [0, 0.05) is 6.54 Å². The maximum Gasteiger partial charge on any atom is 0.404 e. The van der Waals surface area contributed by atoms with Crippen molar-refractivity contribution in [2.24, 2.45) is 0 Å². The van der Waals surface area contributed by atoms with E-state index in [0.29, 0.717) is 6.42 Å². The number of benzene rings is 1. The van der Waals surface area contributed by atoms with Crippen LogP contribution in [0.3, 0.4) is 0 Å². The van der Waals surface area contributed by atoms with Crippen LogP contribution >= 0.6 is 0 Å². The fourth-order valence-electron chi connectivity index (χ4n) is 2.16. The highest BCUT2D eigenvalue weighted by Gasteiger charge is 2.21. The Kier molecular flexibility index (Phi) is 8.50. The molecule has 0 bridgehead atoms. The maximum atomic E-state index is 10.9. The molecule has 2 atom stereocenters. The maximum absolute atomic E-state index is 10.9. The Labute approximate surface area is 131 Å². The van der Waals surface area contributed by atoms with Gasteiger partial charge in [-0.3, -0.25) is 4.84 Å². The number of nitrogens with one attached hydrogen (secondary N) is 2. The number of hydroxylamine groups is 1. The van der Waals surface area contributed by atoms with Gasteiger partial charge in [0.25, 0.3) is 0 Å². The molecule has 0 unspecified atom stereocenters. The Morgan fingerprint density at radius 1 is 1.23 bits per heavy atom. The van der Waals surface area contributed by atoms with Crippen LogP contribution in [-0.4, -0.2) is 41.1 Å². The minimum atomic E-state index is -1.15. The summed E-state index contributed by atoms with van der Waals surface area (Å²) >= 11 is 0. The number of carbonyl (C=O) groups is 1. The molecule has 0 aliphatic carbocycles. The molecule has 0 aliphatic heterocycles. The number of amides is 1. The molecule has 0 saturated heterocycles. The molecular formula is C16H26N2O4. The summed E-state index contributed by atoms with van der Waals surface area (Å²) in [6.07, 6.45) is 0.223. The van der Waals surface area contributed by atoms with Crippen molar-refractivity contribution < 1.29 is 19.8 Å². The fraction of sp³-hybridized carbons (Fsp3) is 0.562. The van der Waals surface area contributed by atoms with Crippen LogP contribution in [0.5, 0.6) is 0 Å². The second-order valence-electron chi connectivity index (χ2n) is 5.22. The van der Waals surface area contributed by atoms with E-state index >= 15 is 0 Å². The largest absolute Gasteiger partial charge is 0.465 e. The third kappa shape index (κ3) is 6.89. The monoisotopic (exact) mass is 310 g/mol. The number of aliphatic hydroxyl groups is 1. The number of aliphatic hydroxyl groups excluding tert-OH is 1. The van der Waals surface area contributed by atoms with E-state index in [1.54, 1.807) is 0 Å². The summed E-state index contributed by atoms with van der Waals surface area (Å²) < 4.78 is 0. The quantitative estimate of drug-likeness (QED) is 0.496. The average Bonchev–Trinajstić information content (AvgIpc) is 2.51. The highest BCUT2D eigenvalue weighted by molar-refractivity contribution is 5.65. The van der Waals surface area contributed by atoms with Gasteiger partial charge in [0.05, 0.1) is 18.2 Å². The summed E-state index contributed by atoms with van der Waals surface area (Å²) in [5.41, 5.74) is 3.70. The lowest BCUT2D eigenvalue weighted by atomic mass is 10.0. The molecule has 0 aliphatic rings. The summed E-state index contributed by atoms with van der Waals surface area (Å²) in [5, 5.41) is 21.5. The van der Waals surface area contributed by atoms with Gasteiger partial charge in [-0.1, -0.05) is 44.2 Å². The Bertz CT molecular complexity index is 423. The van der Waals surface area contributed by atoms with Crippen LogP contribution < -0.4 is 10.8 Å². The van der Waals surface area contributed by atoms with Gasteiger partial charge in [0.15, 0.2) is 0 Å². The first-order valence-corrected chi connectivity index (χ1v) is 7.66. The topological polar surface area (TPSA) is 90.8 Å². The molecule has 0 fully saturated rings. The third-order valence-corrected chi connectivity index (χ3v) is 3.52. The predicted molar refractivity (Wildman–Crippen MR) is 84.6 cm³/mol. The van der Waals surface area contributed by atoms with Gasteiger partial charge in [-0.2, -0.15) is 5.48 Å². The molecule has 6 nitrogen and oxygen atoms in total. The SMILES string of the molecule is CCC(CC)ONC[C@@H](O)[C@H](Cc1ccccc1)NC(=O)O. The van der Waals surface area contributed by atoms with Gasteiger partial charge in [-0.15, -0.1) is 0 Å². The van der Waals surface area contributed by atoms with Crippen molar-refractivity contribution in [1.29, 1.82) is 0 Å². The van der Waals surface area contributed by atoms with Crippen molar-refractivity contribution in [3.8, 4) is 0 Å². The van der Waals surface area contributed by atoms with Crippen LogP contribution in [0.4, 0.5) is 4.79 Å². The zero-order valence-electron chi connectivity index (χ0n) is 13.2. The van der Waals surface area contributed by atoms with Gasteiger partial charge in [0.2, 0.25) is 0 Å². The van der Waals surface area contributed by atoms with Crippen molar-refractivity contribution >= 4 is 6.09 Å². The van der Waals surface area contributed by atoms with E-state index in [1.807, 2.05) is 44.2 Å². The molecule has 1 amide bonds. The number of hydrogen-bond acceptors (Lipinski definition) is 4. The summed E-state index contributed by atoms with van der Waals surface area (Å²) in [4.78, 5) is 16.3. The van der Waals surface area contributed by atoms with Crippen LogP contribution in [0.1, 0.15) is 32.3 Å². The van der Waals surface area contributed by atoms with Crippen molar-refractivity contribution in [2.45, 2.75) is 51.4 Å². The molecule has 1 aromatic rings. The summed E-state index contributed by atoms with van der Waals surface area (Å²) in [7, 11) is 0. The van der Waals surface area contributed by atoms with Crippen LogP contribution in [0.25, 0.3) is 0 Å². The molecule has 0 radical (unpaired) electrons. The Morgan fingerprint density at radius 3 is 2.41 bits per heavy atom. The van der Waals surface area contributed by atoms with Crippen molar-refractivity contribution in [3.63, 3.8) is 0 Å². The van der Waals surface area contributed by atoms with E-state index in [1.165, 1.54) is 0 Å². The molecule has 0 spiro atoms. The second kappa shape index (κ2) is 10.2. The minimum absolute atomic E-state index is 0.0900. The highest BCUT2D eigenvalue weighted by atomic mass is 16.7. The van der Waals surface area contributed by atoms with Crippen molar-refractivity contribution in [3.05, 3.63) is 35.9 Å². The molecule has 1 aromatic carbocycles. The molecule has 1 rings (SSSR count). The Hall–Kier alpha value is -1.63. The van der Waals surface area contributed by atoms with E-state index in [0.717, 1.165) is 18.4 Å². The van der Waals surface area contributed by atoms with Gasteiger partial charge in [-0.25, -0.2) is 4.79 Å². The van der Waals surface area contributed by atoms with Gasteiger partial charge >= 0.3 is 6.09 Å². The van der Waals surface area contributed by atoms with Gasteiger partial charge in [0.1, 0.15) is 0 Å². The lowest BCUT2D eigenvalue weighted by Crippen LogP contribution is -2.48. The smallest absolute Gasteiger partial charge is 0.404 e. The molecule has 22 heavy (non-hydrogen) atoms. The van der Waals surface area contributed by atoms with Crippen LogP contribution in [0.15, 0.2) is 30.3 Å². The number of hydrogen-bond donors (Lipinski definition) is 4. The van der Waals surface area contributed by atoms with E-state index < -0.39 is 18.2 Å². The minimum Gasteiger partial charge on any atom is -0.465 e. The van der Waals surface area contributed by atoms with Crippen LogP contribution in [0, 0.1) is 0 Å². The fourth-order valence-corrected chi connectivity index (χ4v) is 2.16. The molecule has 6 heteroatoms. The molecular weight excluding hydrogens is 284 g/mol. The lowest BCUT2D eigenvalue weighted by Gasteiger charge is -2.24. The molecule has 0 saturated carbocycles. The number of carboxylic acid groups (broad SMARTS) is 1. The first kappa shape index (κ1) is 18.4. The van der Waals surface area contributed by atoms with Crippen molar-refractivity contribution in [1.82, 2.24) is 10.8 Å². The van der Waals surface area contributed by atoms with Gasteiger partial charge in [-0.05, 0) is 24.8 Å². The first-order valence-electron chi connectivity index (χ1n) is 7.66. The first-order chi connectivity index (χ1) is 10.6. The standard InChI is InChI=1S/C16H26N2O4/c1-3-13(4-2)22-17-11-15(19)14(18-16(20)21)10-12-8-6-5-7-9-12/h5-9,13-15,17-19H,3-4,10-11H2,1-2H3,(H,20,21)/t14-,15+/m0/s1. The van der Waals surface area contributed by atoms with E-state index in [9.17, 15) is 9.90 Å². The molecule has 0 aromatic heterocycles. The van der Waals surface area contributed by atoms with Crippen LogP contribution in [0.2, 0.25) is 0 Å². The zero-order chi connectivity index (χ0) is 16.4. The normalized spacial score (nSPS) is 13.8. The predicted octanol–water partition coefficient (Wildman–Crippen LogP) is 1.94.